The van der Waals surface area contributed by atoms with E-state index < -0.39 is 0 Å². The van der Waals surface area contributed by atoms with Gasteiger partial charge in [0.1, 0.15) is 5.75 Å². The molecule has 2 N–H and O–H groups in total. The largest absolute Gasteiger partial charge is 0.496 e. The fourth-order valence-corrected chi connectivity index (χ4v) is 3.18. The van der Waals surface area contributed by atoms with E-state index in [0.29, 0.717) is 0 Å². The Labute approximate surface area is 114 Å². The second-order valence-corrected chi connectivity index (χ2v) is 5.65. The average Bonchev–Trinajstić information content (AvgIpc) is 2.77. The van der Waals surface area contributed by atoms with E-state index >= 15 is 0 Å². The summed E-state index contributed by atoms with van der Waals surface area (Å²) in [6.45, 7) is 0. The Morgan fingerprint density at radius 2 is 2.18 bits per heavy atom. The summed E-state index contributed by atoms with van der Waals surface area (Å²) in [6.07, 6.45) is 0.789. The van der Waals surface area contributed by atoms with Crippen LogP contribution in [0, 0.1) is 0 Å². The van der Waals surface area contributed by atoms with Crippen LogP contribution in [-0.4, -0.2) is 7.11 Å². The lowest BCUT2D eigenvalue weighted by Crippen LogP contribution is -2.12. The molecule has 0 radical (unpaired) electrons. The molecule has 0 fully saturated rings. The molecule has 2 aromatic rings. The molecule has 2 rings (SSSR count). The highest BCUT2D eigenvalue weighted by Crippen LogP contribution is 2.28. The maximum atomic E-state index is 6.20. The number of nitrogens with two attached hydrogens (primary N) is 1. The molecule has 0 spiro atoms. The van der Waals surface area contributed by atoms with Gasteiger partial charge in [-0.3, -0.25) is 0 Å². The van der Waals surface area contributed by atoms with Crippen LogP contribution in [0.5, 0.6) is 5.75 Å². The van der Waals surface area contributed by atoms with E-state index in [-0.39, 0.29) is 6.04 Å². The van der Waals surface area contributed by atoms with Gasteiger partial charge in [-0.1, -0.05) is 18.2 Å². The molecule has 0 aliphatic carbocycles. The molecule has 1 unspecified atom stereocenters. The van der Waals surface area contributed by atoms with Crippen LogP contribution in [-0.2, 0) is 6.42 Å². The van der Waals surface area contributed by atoms with Crippen LogP contribution in [0.2, 0.25) is 0 Å². The number of para-hydroxylation sites is 1. The van der Waals surface area contributed by atoms with Crippen LogP contribution in [0.25, 0.3) is 0 Å². The van der Waals surface area contributed by atoms with Gasteiger partial charge in [0, 0.05) is 20.8 Å². The number of ether oxygens (including phenoxy) is 1. The van der Waals surface area contributed by atoms with Crippen LogP contribution in [0.4, 0.5) is 0 Å². The first kappa shape index (κ1) is 12.6. The lowest BCUT2D eigenvalue weighted by atomic mass is 10.0. The highest BCUT2D eigenvalue weighted by molar-refractivity contribution is 9.10. The van der Waals surface area contributed by atoms with E-state index in [4.69, 9.17) is 10.5 Å². The predicted octanol–water partition coefficient (Wildman–Crippen LogP) is 3.76. The van der Waals surface area contributed by atoms with Gasteiger partial charge in [0.15, 0.2) is 0 Å². The second-order valence-electron chi connectivity index (χ2n) is 3.79. The number of benzene rings is 1. The SMILES string of the molecule is COc1ccccc1CC(N)c1cc(Br)cs1. The van der Waals surface area contributed by atoms with Crippen molar-refractivity contribution in [2.75, 3.05) is 7.11 Å². The third-order valence-corrected chi connectivity index (χ3v) is 4.41. The summed E-state index contributed by atoms with van der Waals surface area (Å²) < 4.78 is 6.42. The molecule has 90 valence electrons. The number of thiophene rings is 1. The van der Waals surface area contributed by atoms with Crippen molar-refractivity contribution in [3.8, 4) is 5.75 Å². The Hall–Kier alpha value is -0.840. The summed E-state index contributed by atoms with van der Waals surface area (Å²) in [5.41, 5.74) is 7.34. The van der Waals surface area contributed by atoms with Crippen LogP contribution in [0.3, 0.4) is 0 Å². The van der Waals surface area contributed by atoms with E-state index in [0.717, 1.165) is 22.2 Å². The zero-order valence-corrected chi connectivity index (χ0v) is 11.9. The van der Waals surface area contributed by atoms with Crippen molar-refractivity contribution >= 4 is 27.3 Å². The summed E-state index contributed by atoms with van der Waals surface area (Å²) in [6, 6.07) is 10.1. The van der Waals surface area contributed by atoms with Crippen molar-refractivity contribution < 1.29 is 4.74 Å². The molecule has 0 saturated heterocycles. The van der Waals surface area contributed by atoms with E-state index in [2.05, 4.69) is 33.4 Å². The van der Waals surface area contributed by atoms with E-state index in [1.165, 1.54) is 4.88 Å². The molecule has 4 heteroatoms. The van der Waals surface area contributed by atoms with E-state index in [9.17, 15) is 0 Å². The molecular formula is C13H14BrNOS. The Morgan fingerprint density at radius 1 is 1.41 bits per heavy atom. The third kappa shape index (κ3) is 3.09. The highest BCUT2D eigenvalue weighted by Gasteiger charge is 2.12. The number of halogens is 1. The van der Waals surface area contributed by atoms with Crippen molar-refractivity contribution in [1.82, 2.24) is 0 Å². The fourth-order valence-electron chi connectivity index (χ4n) is 1.73. The Balaban J connectivity index is 2.15. The van der Waals surface area contributed by atoms with Gasteiger partial charge in [-0.15, -0.1) is 11.3 Å². The summed E-state index contributed by atoms with van der Waals surface area (Å²) in [5.74, 6) is 0.901. The van der Waals surface area contributed by atoms with Crippen LogP contribution >= 0.6 is 27.3 Å². The predicted molar refractivity (Wildman–Crippen MR) is 75.6 cm³/mol. The fraction of sp³-hybridized carbons (Fsp3) is 0.231. The van der Waals surface area contributed by atoms with Gasteiger partial charge in [0.25, 0.3) is 0 Å². The maximum Gasteiger partial charge on any atom is 0.122 e. The molecule has 0 saturated carbocycles. The smallest absolute Gasteiger partial charge is 0.122 e. The summed E-state index contributed by atoms with van der Waals surface area (Å²) in [5, 5.41) is 2.05. The normalized spacial score (nSPS) is 12.4. The average molecular weight is 312 g/mol. The maximum absolute atomic E-state index is 6.20. The quantitative estimate of drug-likeness (QED) is 0.933. The minimum absolute atomic E-state index is 0.0163. The van der Waals surface area contributed by atoms with Gasteiger partial charge < -0.3 is 10.5 Å². The Bertz CT molecular complexity index is 498. The van der Waals surface area contributed by atoms with Crippen LogP contribution in [0.1, 0.15) is 16.5 Å². The third-order valence-electron chi connectivity index (χ3n) is 2.59. The molecular weight excluding hydrogens is 298 g/mol. The molecule has 1 aromatic heterocycles. The summed E-state index contributed by atoms with van der Waals surface area (Å²) in [4.78, 5) is 1.18. The molecule has 1 aromatic carbocycles. The number of hydrogen-bond acceptors (Lipinski definition) is 3. The number of hydrogen-bond donors (Lipinski definition) is 1. The zero-order valence-electron chi connectivity index (χ0n) is 9.52. The van der Waals surface area contributed by atoms with Gasteiger partial charge in [-0.2, -0.15) is 0 Å². The molecule has 2 nitrogen and oxygen atoms in total. The van der Waals surface area contributed by atoms with Crippen molar-refractivity contribution in [1.29, 1.82) is 0 Å². The first-order valence-corrected chi connectivity index (χ1v) is 6.99. The second kappa shape index (κ2) is 5.67. The lowest BCUT2D eigenvalue weighted by Gasteiger charge is -2.12. The number of rotatable bonds is 4. The van der Waals surface area contributed by atoms with Crippen molar-refractivity contribution in [3.05, 3.63) is 50.6 Å². The van der Waals surface area contributed by atoms with Gasteiger partial charge in [0.2, 0.25) is 0 Å². The first-order valence-electron chi connectivity index (χ1n) is 5.32. The molecule has 1 heterocycles. The Kier molecular flexibility index (Phi) is 4.20. The molecule has 0 amide bonds. The van der Waals surface area contributed by atoms with Crippen molar-refractivity contribution in [2.45, 2.75) is 12.5 Å². The van der Waals surface area contributed by atoms with Gasteiger partial charge in [-0.05, 0) is 40.0 Å². The van der Waals surface area contributed by atoms with E-state index in [1.54, 1.807) is 18.4 Å². The topological polar surface area (TPSA) is 35.2 Å². The standard InChI is InChI=1S/C13H14BrNOS/c1-16-12-5-3-2-4-9(12)6-11(15)13-7-10(14)8-17-13/h2-5,7-8,11H,6,15H2,1H3. The number of methoxy groups -OCH3 is 1. The minimum Gasteiger partial charge on any atom is -0.496 e. The van der Waals surface area contributed by atoms with Gasteiger partial charge >= 0.3 is 0 Å². The van der Waals surface area contributed by atoms with Gasteiger partial charge in [0.05, 0.1) is 7.11 Å². The van der Waals surface area contributed by atoms with Gasteiger partial charge in [-0.25, -0.2) is 0 Å². The lowest BCUT2D eigenvalue weighted by molar-refractivity contribution is 0.408. The van der Waals surface area contributed by atoms with E-state index in [1.807, 2.05) is 18.2 Å². The molecule has 1 atom stereocenters. The monoisotopic (exact) mass is 311 g/mol. The van der Waals surface area contributed by atoms with Crippen molar-refractivity contribution in [3.63, 3.8) is 0 Å². The molecule has 0 aliphatic rings. The zero-order chi connectivity index (χ0) is 12.3. The Morgan fingerprint density at radius 3 is 2.82 bits per heavy atom. The molecule has 0 aliphatic heterocycles. The highest BCUT2D eigenvalue weighted by atomic mass is 79.9. The molecule has 0 bridgehead atoms. The minimum atomic E-state index is 0.0163. The first-order chi connectivity index (χ1) is 8.20. The molecule has 17 heavy (non-hydrogen) atoms. The summed E-state index contributed by atoms with van der Waals surface area (Å²) in [7, 11) is 1.69. The van der Waals surface area contributed by atoms with Crippen LogP contribution < -0.4 is 10.5 Å². The van der Waals surface area contributed by atoms with Crippen molar-refractivity contribution in [2.24, 2.45) is 5.73 Å². The summed E-state index contributed by atoms with van der Waals surface area (Å²) >= 11 is 5.12. The van der Waals surface area contributed by atoms with Crippen LogP contribution in [0.15, 0.2) is 40.2 Å².